The average molecular weight is 1320 g/mol. The SMILES string of the molecule is CCCC(C)OC(=O)CCC(=O)N[C@@H](CCNC(=O)OC(C)(C)C)C(=O)N[C@H](C(=O)N[C@@H](CCN)C(=O)N[C@H]1CCNC(=O)[C@H]([C@H](C)O)NC(=O)[C@H](CCN)NC(=O)[C@H](CCN)NC(=O)[C@H](CC(C)C)NC(=O)[C@@H](Cc2ccccc2)NC(=O)[C@H](CCN)NC1)C(C)O. The normalized spacial score (nSPS) is 22.0. The third kappa shape index (κ3) is 31.7. The van der Waals surface area contributed by atoms with Crippen LogP contribution >= 0.6 is 0 Å². The lowest BCUT2D eigenvalue weighted by atomic mass is 10.00. The first-order chi connectivity index (χ1) is 43.9. The number of hydrogen-bond acceptors (Lipinski definition) is 21. The molecule has 1 aliphatic heterocycles. The van der Waals surface area contributed by atoms with Gasteiger partial charge in [-0.15, -0.1) is 0 Å². The van der Waals surface area contributed by atoms with Crippen molar-refractivity contribution in [2.75, 3.05) is 45.8 Å². The number of carbonyl (C=O) groups is 12. The average Bonchev–Trinajstić information content (AvgIpc) is 1.55. The Hall–Kier alpha value is -7.62. The summed E-state index contributed by atoms with van der Waals surface area (Å²) in [6.45, 7) is 13.2. The molecule has 0 spiro atoms. The summed E-state index contributed by atoms with van der Waals surface area (Å²) < 4.78 is 10.6. The molecular formula is C61H106N16O16. The summed E-state index contributed by atoms with van der Waals surface area (Å²) in [4.78, 5) is 166. The minimum atomic E-state index is -1.79. The lowest BCUT2D eigenvalue weighted by Gasteiger charge is -2.29. The molecular weight excluding hydrogens is 1210 g/mol. The molecule has 0 radical (unpaired) electrons. The van der Waals surface area contributed by atoms with E-state index in [0.29, 0.717) is 12.0 Å². The van der Waals surface area contributed by atoms with Crippen LogP contribution in [-0.2, 0) is 68.6 Å². The highest BCUT2D eigenvalue weighted by atomic mass is 16.6. The van der Waals surface area contributed by atoms with Crippen molar-refractivity contribution in [2.24, 2.45) is 28.9 Å². The number of nitrogens with one attached hydrogen (secondary N) is 12. The Morgan fingerprint density at radius 2 is 1.18 bits per heavy atom. The molecule has 22 N–H and O–H groups in total. The molecule has 0 aliphatic carbocycles. The van der Waals surface area contributed by atoms with Crippen LogP contribution in [0, 0.1) is 5.92 Å². The van der Waals surface area contributed by atoms with Gasteiger partial charge in [0.1, 0.15) is 53.9 Å². The Labute approximate surface area is 544 Å². The third-order valence-electron chi connectivity index (χ3n) is 14.5. The number of carbonyl (C=O) groups excluding carboxylic acids is 12. The van der Waals surface area contributed by atoms with E-state index in [1.165, 1.54) is 13.8 Å². The molecule has 1 heterocycles. The van der Waals surface area contributed by atoms with E-state index in [1.807, 2.05) is 6.92 Å². The second-order valence-electron chi connectivity index (χ2n) is 24.6. The van der Waals surface area contributed by atoms with Gasteiger partial charge in [0.25, 0.3) is 0 Å². The van der Waals surface area contributed by atoms with Crippen LogP contribution in [0.15, 0.2) is 30.3 Å². The number of nitrogens with two attached hydrogens (primary N) is 4. The van der Waals surface area contributed by atoms with Gasteiger partial charge in [-0.2, -0.15) is 0 Å². The number of ether oxygens (including phenoxy) is 2. The van der Waals surface area contributed by atoms with Crippen molar-refractivity contribution in [3.05, 3.63) is 35.9 Å². The maximum Gasteiger partial charge on any atom is 0.407 e. The summed E-state index contributed by atoms with van der Waals surface area (Å²) in [6, 6.07) is -5.27. The summed E-state index contributed by atoms with van der Waals surface area (Å²) in [6.07, 6.45) is -4.75. The zero-order valence-corrected chi connectivity index (χ0v) is 55.3. The molecule has 0 aromatic heterocycles. The topological polar surface area (TPSA) is 512 Å². The van der Waals surface area contributed by atoms with E-state index in [2.05, 4.69) is 63.8 Å². The Bertz CT molecular complexity index is 2580. The summed E-state index contributed by atoms with van der Waals surface area (Å²) in [5.74, 6) is -9.53. The van der Waals surface area contributed by atoms with Gasteiger partial charge in [-0.25, -0.2) is 4.79 Å². The number of benzene rings is 1. The van der Waals surface area contributed by atoms with Crippen molar-refractivity contribution < 1.29 is 77.2 Å². The standard InChI is InChI=1S/C61H106N16O16/c1-10-14-35(4)92-48(81)18-17-47(80)70-44(24-30-67-60(91)93-61(7,8)9)55(86)77-50(37(6)79)59(90)73-41(20-26-63)52(83)69-39-23-29-66-58(89)49(36(5)78)76-54(85)43(22-28-65)71-53(84)42(21-27-64)72-56(87)45(31-34(2)3)74-57(88)46(32-38-15-12-11-13-16-38)75-51(82)40(19-25-62)68-33-39/h11-13,15-16,34-37,39-46,49-50,68,78-79H,10,14,17-33,62-65H2,1-9H3,(H,66,89)(H,67,91)(H,69,83)(H,70,80)(H,71,84)(H,72,87)(H,73,90)(H,74,88)(H,75,82)(H,76,85)(H,77,86)/t35?,36-,37?,39-,40-,41-,42-,43-,44-,45-,46+,49-,50-/m0/s1. The van der Waals surface area contributed by atoms with E-state index in [9.17, 15) is 67.7 Å². The van der Waals surface area contributed by atoms with Crippen LogP contribution < -0.4 is 86.7 Å². The summed E-state index contributed by atoms with van der Waals surface area (Å²) in [5, 5.41) is 53.5. The highest BCUT2D eigenvalue weighted by Crippen LogP contribution is 2.13. The number of aliphatic hydroxyl groups excluding tert-OH is 2. The van der Waals surface area contributed by atoms with E-state index < -0.39 is 162 Å². The Balaban J connectivity index is 2.65. The fourth-order valence-electron chi connectivity index (χ4n) is 9.65. The first-order valence-electron chi connectivity index (χ1n) is 32.0. The predicted molar refractivity (Wildman–Crippen MR) is 343 cm³/mol. The first kappa shape index (κ1) is 81.5. The highest BCUT2D eigenvalue weighted by Gasteiger charge is 2.37. The van der Waals surface area contributed by atoms with Crippen molar-refractivity contribution in [2.45, 2.75) is 224 Å². The molecule has 1 aromatic carbocycles. The molecule has 0 bridgehead atoms. The van der Waals surface area contributed by atoms with Gasteiger partial charge in [-0.05, 0) is 131 Å². The Morgan fingerprint density at radius 3 is 1.74 bits per heavy atom. The van der Waals surface area contributed by atoms with Crippen LogP contribution in [0.1, 0.15) is 139 Å². The molecule has 13 atom stereocenters. The van der Waals surface area contributed by atoms with Gasteiger partial charge < -0.3 is 106 Å². The smallest absolute Gasteiger partial charge is 0.407 e. The lowest BCUT2D eigenvalue weighted by Crippen LogP contribution is -2.61. The van der Waals surface area contributed by atoms with Crippen molar-refractivity contribution in [1.29, 1.82) is 0 Å². The molecule has 2 rings (SSSR count). The van der Waals surface area contributed by atoms with Crippen LogP contribution in [0.4, 0.5) is 4.79 Å². The third-order valence-corrected chi connectivity index (χ3v) is 14.5. The molecule has 2 unspecified atom stereocenters. The maximum absolute atomic E-state index is 14.5. The predicted octanol–water partition coefficient (Wildman–Crippen LogP) is -4.30. The molecule has 1 aliphatic rings. The first-order valence-corrected chi connectivity index (χ1v) is 32.0. The van der Waals surface area contributed by atoms with Crippen LogP contribution in [0.5, 0.6) is 0 Å². The quantitative estimate of drug-likeness (QED) is 0.0324. The Morgan fingerprint density at radius 1 is 0.634 bits per heavy atom. The molecule has 32 heteroatoms. The van der Waals surface area contributed by atoms with E-state index in [-0.39, 0.29) is 110 Å². The number of alkyl carbamates (subject to hydrolysis) is 1. The lowest BCUT2D eigenvalue weighted by molar-refractivity contribution is -0.149. The molecule has 11 amide bonds. The monoisotopic (exact) mass is 1320 g/mol. The van der Waals surface area contributed by atoms with E-state index in [0.717, 1.165) is 6.42 Å². The Kier molecular flexibility index (Phi) is 37.3. The minimum absolute atomic E-state index is 0.0387. The van der Waals surface area contributed by atoms with E-state index >= 15 is 0 Å². The summed E-state index contributed by atoms with van der Waals surface area (Å²) >= 11 is 0. The second kappa shape index (κ2) is 42.6. The number of rotatable bonds is 30. The van der Waals surface area contributed by atoms with E-state index in [4.69, 9.17) is 32.4 Å². The van der Waals surface area contributed by atoms with Gasteiger partial charge in [0.2, 0.25) is 59.1 Å². The van der Waals surface area contributed by atoms with Crippen molar-refractivity contribution in [1.82, 2.24) is 63.8 Å². The summed E-state index contributed by atoms with van der Waals surface area (Å²) in [7, 11) is 0. The van der Waals surface area contributed by atoms with Crippen molar-refractivity contribution in [3.63, 3.8) is 0 Å². The van der Waals surface area contributed by atoms with Crippen molar-refractivity contribution >= 4 is 71.1 Å². The van der Waals surface area contributed by atoms with Gasteiger partial charge in [0.15, 0.2) is 0 Å². The molecule has 1 fully saturated rings. The fraction of sp³-hybridized carbons (Fsp3) is 0.705. The van der Waals surface area contributed by atoms with Crippen LogP contribution in [0.3, 0.4) is 0 Å². The number of hydrogen-bond donors (Lipinski definition) is 18. The fourth-order valence-corrected chi connectivity index (χ4v) is 9.65. The summed E-state index contributed by atoms with van der Waals surface area (Å²) in [5.41, 5.74) is 23.5. The van der Waals surface area contributed by atoms with Gasteiger partial charge in [0, 0.05) is 38.5 Å². The van der Waals surface area contributed by atoms with Gasteiger partial charge in [-0.1, -0.05) is 57.5 Å². The molecule has 526 valence electrons. The molecule has 1 saturated heterocycles. The second-order valence-corrected chi connectivity index (χ2v) is 24.6. The van der Waals surface area contributed by atoms with Crippen LogP contribution in [-0.4, -0.2) is 211 Å². The molecule has 1 aromatic rings. The largest absolute Gasteiger partial charge is 0.463 e. The zero-order valence-electron chi connectivity index (χ0n) is 55.3. The molecule has 32 nitrogen and oxygen atoms in total. The highest BCUT2D eigenvalue weighted by molar-refractivity contribution is 5.98. The van der Waals surface area contributed by atoms with Gasteiger partial charge in [-0.3, -0.25) is 52.7 Å². The van der Waals surface area contributed by atoms with Crippen molar-refractivity contribution in [3.8, 4) is 0 Å². The maximum atomic E-state index is 14.5. The molecule has 93 heavy (non-hydrogen) atoms. The number of aliphatic hydroxyl groups is 2. The van der Waals surface area contributed by atoms with Crippen LogP contribution in [0.2, 0.25) is 0 Å². The minimum Gasteiger partial charge on any atom is -0.463 e. The van der Waals surface area contributed by atoms with E-state index in [1.54, 1.807) is 71.9 Å². The van der Waals surface area contributed by atoms with Gasteiger partial charge in [0.05, 0.1) is 30.8 Å². The molecule has 0 saturated carbocycles. The zero-order chi connectivity index (χ0) is 70.0. The number of amides is 11. The number of esters is 1. The van der Waals surface area contributed by atoms with Crippen LogP contribution in [0.25, 0.3) is 0 Å². The van der Waals surface area contributed by atoms with Gasteiger partial charge >= 0.3 is 12.1 Å².